The van der Waals surface area contributed by atoms with Crippen LogP contribution >= 0.6 is 0 Å². The highest BCUT2D eigenvalue weighted by Gasteiger charge is 2.39. The third-order valence-corrected chi connectivity index (χ3v) is 4.62. The summed E-state index contributed by atoms with van der Waals surface area (Å²) in [5, 5.41) is 3.78. The van der Waals surface area contributed by atoms with Gasteiger partial charge in [-0.05, 0) is 24.8 Å². The lowest BCUT2D eigenvalue weighted by Gasteiger charge is -2.34. The average molecular weight is 287 g/mol. The number of nitrogens with one attached hydrogen (secondary N) is 1. The minimum atomic E-state index is 0.141. The Morgan fingerprint density at radius 3 is 2.48 bits per heavy atom. The number of rotatable bonds is 3. The summed E-state index contributed by atoms with van der Waals surface area (Å²) in [6.07, 6.45) is 3.38. The largest absolute Gasteiger partial charge is 0.331 e. The molecule has 1 aromatic carbocycles. The highest BCUT2D eigenvalue weighted by atomic mass is 16.2. The van der Waals surface area contributed by atoms with Gasteiger partial charge in [-0.15, -0.1) is 0 Å². The van der Waals surface area contributed by atoms with Gasteiger partial charge in [0, 0.05) is 45.2 Å². The van der Waals surface area contributed by atoms with Crippen LogP contribution in [0.15, 0.2) is 30.3 Å². The molecule has 2 amide bonds. The summed E-state index contributed by atoms with van der Waals surface area (Å²) in [7, 11) is 3.64. The first-order valence-electron chi connectivity index (χ1n) is 7.92. The van der Waals surface area contributed by atoms with E-state index in [2.05, 4.69) is 35.6 Å². The molecule has 0 radical (unpaired) electrons. The lowest BCUT2D eigenvalue weighted by atomic mass is 10.0. The Morgan fingerprint density at radius 2 is 1.86 bits per heavy atom. The second-order valence-corrected chi connectivity index (χ2v) is 6.46. The monoisotopic (exact) mass is 287 g/mol. The van der Waals surface area contributed by atoms with E-state index in [1.807, 2.05) is 19.0 Å². The Morgan fingerprint density at radius 1 is 1.19 bits per heavy atom. The molecule has 1 aliphatic carbocycles. The zero-order chi connectivity index (χ0) is 14.8. The van der Waals surface area contributed by atoms with Crippen molar-refractivity contribution in [3.63, 3.8) is 0 Å². The van der Waals surface area contributed by atoms with Gasteiger partial charge < -0.3 is 15.1 Å². The van der Waals surface area contributed by atoms with Crippen LogP contribution in [0.2, 0.25) is 0 Å². The van der Waals surface area contributed by atoms with Crippen molar-refractivity contribution in [3.05, 3.63) is 35.9 Å². The molecule has 3 rings (SSSR count). The summed E-state index contributed by atoms with van der Waals surface area (Å²) in [4.78, 5) is 15.5. The molecule has 4 heteroatoms. The molecule has 0 spiro atoms. The average Bonchev–Trinajstić information content (AvgIpc) is 3.27. The van der Waals surface area contributed by atoms with Crippen LogP contribution in [0.25, 0.3) is 0 Å². The van der Waals surface area contributed by atoms with E-state index in [-0.39, 0.29) is 6.03 Å². The molecule has 21 heavy (non-hydrogen) atoms. The molecule has 1 aromatic rings. The number of hydrogen-bond donors (Lipinski definition) is 1. The normalized spacial score (nSPS) is 25.7. The first-order valence-corrected chi connectivity index (χ1v) is 7.92. The quantitative estimate of drug-likeness (QED) is 0.926. The van der Waals surface area contributed by atoms with E-state index in [0.29, 0.717) is 18.0 Å². The van der Waals surface area contributed by atoms with Crippen LogP contribution in [0.5, 0.6) is 0 Å². The van der Waals surface area contributed by atoms with Crippen LogP contribution < -0.4 is 5.32 Å². The summed E-state index contributed by atoms with van der Waals surface area (Å²) in [5.41, 5.74) is 1.45. The van der Waals surface area contributed by atoms with E-state index in [1.54, 1.807) is 4.90 Å². The van der Waals surface area contributed by atoms with Crippen LogP contribution in [0.1, 0.15) is 30.7 Å². The fourth-order valence-corrected chi connectivity index (χ4v) is 3.27. The van der Waals surface area contributed by atoms with Gasteiger partial charge in [-0.25, -0.2) is 4.79 Å². The lowest BCUT2D eigenvalue weighted by Crippen LogP contribution is -2.48. The predicted molar refractivity (Wildman–Crippen MR) is 84.4 cm³/mol. The van der Waals surface area contributed by atoms with Crippen molar-refractivity contribution in [2.24, 2.45) is 0 Å². The first kappa shape index (κ1) is 14.4. The Hall–Kier alpha value is -1.55. The number of benzene rings is 1. The van der Waals surface area contributed by atoms with Crippen molar-refractivity contribution >= 4 is 6.03 Å². The van der Waals surface area contributed by atoms with Crippen LogP contribution in [-0.2, 0) is 0 Å². The fourth-order valence-electron chi connectivity index (χ4n) is 3.27. The topological polar surface area (TPSA) is 35.6 Å². The van der Waals surface area contributed by atoms with Crippen molar-refractivity contribution in [1.82, 2.24) is 15.1 Å². The summed E-state index contributed by atoms with van der Waals surface area (Å²) in [5.74, 6) is 0.688. The van der Waals surface area contributed by atoms with Gasteiger partial charge in [0.25, 0.3) is 0 Å². The maximum Gasteiger partial charge on any atom is 0.319 e. The van der Waals surface area contributed by atoms with Crippen molar-refractivity contribution in [2.45, 2.75) is 37.3 Å². The number of carbonyl (C=O) groups is 1. The summed E-state index contributed by atoms with van der Waals surface area (Å²) >= 11 is 0. The van der Waals surface area contributed by atoms with Gasteiger partial charge in [-0.1, -0.05) is 30.3 Å². The minimum Gasteiger partial charge on any atom is -0.331 e. The second-order valence-electron chi connectivity index (χ2n) is 6.46. The van der Waals surface area contributed by atoms with E-state index in [9.17, 15) is 4.79 Å². The molecule has 2 unspecified atom stereocenters. The van der Waals surface area contributed by atoms with Crippen LogP contribution in [-0.4, -0.2) is 55.1 Å². The molecule has 1 aliphatic heterocycles. The van der Waals surface area contributed by atoms with E-state index < -0.39 is 0 Å². The van der Waals surface area contributed by atoms with E-state index >= 15 is 0 Å². The molecule has 1 N–H and O–H groups in total. The van der Waals surface area contributed by atoms with Crippen molar-refractivity contribution < 1.29 is 4.79 Å². The van der Waals surface area contributed by atoms with Gasteiger partial charge in [-0.2, -0.15) is 0 Å². The van der Waals surface area contributed by atoms with Gasteiger partial charge >= 0.3 is 6.03 Å². The maximum absolute atomic E-state index is 11.9. The summed E-state index contributed by atoms with van der Waals surface area (Å²) in [6.45, 7) is 1.74. The number of piperidine rings is 1. The Bertz CT molecular complexity index is 480. The highest BCUT2D eigenvalue weighted by molar-refractivity contribution is 5.73. The molecular weight excluding hydrogens is 262 g/mol. The number of hydrogen-bond acceptors (Lipinski definition) is 2. The fraction of sp³-hybridized carbons (Fsp3) is 0.588. The molecule has 4 nitrogen and oxygen atoms in total. The van der Waals surface area contributed by atoms with Crippen molar-refractivity contribution in [2.75, 3.05) is 27.2 Å². The second kappa shape index (κ2) is 6.06. The zero-order valence-electron chi connectivity index (χ0n) is 13.0. The van der Waals surface area contributed by atoms with Crippen LogP contribution in [0.4, 0.5) is 4.79 Å². The first-order chi connectivity index (χ1) is 10.1. The molecule has 2 aliphatic rings. The molecule has 1 saturated heterocycles. The molecule has 1 saturated carbocycles. The maximum atomic E-state index is 11.9. The third kappa shape index (κ3) is 3.38. The highest BCUT2D eigenvalue weighted by Crippen LogP contribution is 2.41. The predicted octanol–water partition coefficient (Wildman–Crippen LogP) is 2.28. The molecule has 1 heterocycles. The molecular formula is C17H25N3O. The Kier molecular flexibility index (Phi) is 4.15. The standard InChI is InChI=1S/C17H25N3O/c1-19(2)17(21)20-10-8-14(9-11-20)18-16-12-15(16)13-6-4-3-5-7-13/h3-7,14-16,18H,8-12H2,1-2H3. The van der Waals surface area contributed by atoms with Gasteiger partial charge in [-0.3, -0.25) is 0 Å². The van der Waals surface area contributed by atoms with Gasteiger partial charge in [0.1, 0.15) is 0 Å². The van der Waals surface area contributed by atoms with Crippen molar-refractivity contribution in [1.29, 1.82) is 0 Å². The number of amides is 2. The number of carbonyl (C=O) groups excluding carboxylic acids is 1. The lowest BCUT2D eigenvalue weighted by molar-refractivity contribution is 0.152. The van der Waals surface area contributed by atoms with Crippen LogP contribution in [0, 0.1) is 0 Å². The summed E-state index contributed by atoms with van der Waals surface area (Å²) in [6, 6.07) is 12.1. The smallest absolute Gasteiger partial charge is 0.319 e. The number of urea groups is 1. The third-order valence-electron chi connectivity index (χ3n) is 4.62. The minimum absolute atomic E-state index is 0.141. The Balaban J connectivity index is 1.44. The van der Waals surface area contributed by atoms with E-state index in [1.165, 1.54) is 12.0 Å². The molecule has 0 bridgehead atoms. The van der Waals surface area contributed by atoms with Crippen LogP contribution in [0.3, 0.4) is 0 Å². The van der Waals surface area contributed by atoms with Gasteiger partial charge in [0.2, 0.25) is 0 Å². The molecule has 2 atom stereocenters. The van der Waals surface area contributed by atoms with E-state index in [4.69, 9.17) is 0 Å². The SMILES string of the molecule is CN(C)C(=O)N1CCC(NC2CC2c2ccccc2)CC1. The van der Waals surface area contributed by atoms with Gasteiger partial charge in [0.05, 0.1) is 0 Å². The Labute approximate surface area is 127 Å². The number of nitrogens with zero attached hydrogens (tertiary/aromatic N) is 2. The molecule has 2 fully saturated rings. The zero-order valence-corrected chi connectivity index (χ0v) is 13.0. The van der Waals surface area contributed by atoms with E-state index in [0.717, 1.165) is 25.9 Å². The van der Waals surface area contributed by atoms with Gasteiger partial charge in [0.15, 0.2) is 0 Å². The van der Waals surface area contributed by atoms with Crippen molar-refractivity contribution in [3.8, 4) is 0 Å². The molecule has 0 aromatic heterocycles. The number of likely N-dealkylation sites (tertiary alicyclic amines) is 1. The summed E-state index contributed by atoms with van der Waals surface area (Å²) < 4.78 is 0. The molecule has 114 valence electrons.